The fourth-order valence-corrected chi connectivity index (χ4v) is 3.18. The quantitative estimate of drug-likeness (QED) is 0.890. The summed E-state index contributed by atoms with van der Waals surface area (Å²) in [7, 11) is 0. The summed E-state index contributed by atoms with van der Waals surface area (Å²) in [6, 6.07) is 9.23. The largest absolute Gasteiger partial charge is 0.388 e. The monoisotopic (exact) mass is 284 g/mol. The number of primary amides is 1. The van der Waals surface area contributed by atoms with Crippen molar-refractivity contribution in [3.05, 3.63) is 53.3 Å². The Bertz CT molecular complexity index is 701. The highest BCUT2D eigenvalue weighted by Gasteiger charge is 2.33. The lowest BCUT2D eigenvalue weighted by Crippen LogP contribution is -2.26. The van der Waals surface area contributed by atoms with E-state index in [1.165, 1.54) is 0 Å². The highest BCUT2D eigenvalue weighted by atomic mass is 16.3. The van der Waals surface area contributed by atoms with Gasteiger partial charge in [0.15, 0.2) is 0 Å². The number of amides is 1. The molecular weight excluding hydrogens is 264 g/mol. The molecule has 4 heteroatoms. The van der Waals surface area contributed by atoms with Crippen LogP contribution in [0.4, 0.5) is 0 Å². The summed E-state index contributed by atoms with van der Waals surface area (Å²) >= 11 is 0. The molecule has 0 fully saturated rings. The summed E-state index contributed by atoms with van der Waals surface area (Å²) in [5, 5.41) is 10.3. The van der Waals surface area contributed by atoms with E-state index in [1.807, 2.05) is 29.0 Å². The Labute approximate surface area is 124 Å². The molecule has 1 aromatic carbocycles. The summed E-state index contributed by atoms with van der Waals surface area (Å²) < 4.78 is 2.05. The number of rotatable bonds is 2. The zero-order valence-electron chi connectivity index (χ0n) is 12.3. The third-order valence-electron chi connectivity index (χ3n) is 4.19. The Hall–Kier alpha value is -2.07. The minimum absolute atomic E-state index is 0.0593. The smallest absolute Gasteiger partial charge is 0.248 e. The number of hydrogen-bond acceptors (Lipinski definition) is 2. The van der Waals surface area contributed by atoms with Gasteiger partial charge < -0.3 is 15.4 Å². The SMILES string of the molecule is CC1(C)Cc2c(ccn2-c2cccc(C(N)=O)c2)C(O)C1. The molecule has 1 aliphatic rings. The third-order valence-corrected chi connectivity index (χ3v) is 4.19. The van der Waals surface area contributed by atoms with Crippen LogP contribution in [0.2, 0.25) is 0 Å². The molecule has 3 N–H and O–H groups in total. The van der Waals surface area contributed by atoms with E-state index < -0.39 is 12.0 Å². The number of aliphatic hydroxyl groups is 1. The number of nitrogens with zero attached hydrogens (tertiary/aromatic N) is 1. The molecule has 1 unspecified atom stereocenters. The molecule has 1 aromatic heterocycles. The van der Waals surface area contributed by atoms with Crippen molar-refractivity contribution in [2.24, 2.45) is 11.1 Å². The van der Waals surface area contributed by atoms with Crippen LogP contribution in [-0.2, 0) is 6.42 Å². The van der Waals surface area contributed by atoms with Crippen LogP contribution < -0.4 is 5.73 Å². The van der Waals surface area contributed by atoms with Crippen LogP contribution in [0, 0.1) is 5.41 Å². The Balaban J connectivity index is 2.09. The predicted molar refractivity (Wildman–Crippen MR) is 81.3 cm³/mol. The van der Waals surface area contributed by atoms with Crippen molar-refractivity contribution < 1.29 is 9.90 Å². The molecule has 110 valence electrons. The van der Waals surface area contributed by atoms with Gasteiger partial charge in [-0.25, -0.2) is 0 Å². The van der Waals surface area contributed by atoms with E-state index in [9.17, 15) is 9.90 Å². The van der Waals surface area contributed by atoms with E-state index in [4.69, 9.17) is 5.73 Å². The van der Waals surface area contributed by atoms with Gasteiger partial charge in [-0.3, -0.25) is 4.79 Å². The fourth-order valence-electron chi connectivity index (χ4n) is 3.18. The van der Waals surface area contributed by atoms with Crippen LogP contribution in [0.15, 0.2) is 36.5 Å². The van der Waals surface area contributed by atoms with E-state index in [0.717, 1.165) is 29.8 Å². The molecule has 1 amide bonds. The van der Waals surface area contributed by atoms with Gasteiger partial charge in [0.1, 0.15) is 0 Å². The van der Waals surface area contributed by atoms with Gasteiger partial charge in [0.25, 0.3) is 0 Å². The molecule has 1 heterocycles. The number of benzene rings is 1. The summed E-state index contributed by atoms with van der Waals surface area (Å²) in [6.45, 7) is 4.33. The van der Waals surface area contributed by atoms with Crippen molar-refractivity contribution in [1.82, 2.24) is 4.57 Å². The number of carbonyl (C=O) groups is 1. The van der Waals surface area contributed by atoms with Crippen LogP contribution in [0.3, 0.4) is 0 Å². The molecule has 3 rings (SSSR count). The average molecular weight is 284 g/mol. The van der Waals surface area contributed by atoms with Crippen molar-refractivity contribution in [3.8, 4) is 5.69 Å². The van der Waals surface area contributed by atoms with Crippen LogP contribution in [0.5, 0.6) is 0 Å². The lowest BCUT2D eigenvalue weighted by Gasteiger charge is -2.34. The zero-order chi connectivity index (χ0) is 15.2. The maximum absolute atomic E-state index is 11.3. The molecule has 21 heavy (non-hydrogen) atoms. The maximum Gasteiger partial charge on any atom is 0.248 e. The van der Waals surface area contributed by atoms with Gasteiger partial charge in [0, 0.05) is 28.7 Å². The minimum atomic E-state index is -0.432. The molecular formula is C17H20N2O2. The van der Waals surface area contributed by atoms with E-state index in [0.29, 0.717) is 5.56 Å². The zero-order valence-corrected chi connectivity index (χ0v) is 12.3. The molecule has 0 saturated carbocycles. The number of carbonyl (C=O) groups excluding carboxylic acids is 1. The standard InChI is InChI=1S/C17H20N2O2/c1-17(2)9-14-13(15(20)10-17)6-7-19(14)12-5-3-4-11(8-12)16(18)21/h3-8,15,20H,9-10H2,1-2H3,(H2,18,21). The molecule has 4 nitrogen and oxygen atoms in total. The molecule has 0 radical (unpaired) electrons. The summed E-state index contributed by atoms with van der Waals surface area (Å²) in [6.07, 6.45) is 3.19. The second kappa shape index (κ2) is 4.74. The maximum atomic E-state index is 11.3. The predicted octanol–water partition coefficient (Wildman–Crippen LogP) is 2.58. The lowest BCUT2D eigenvalue weighted by molar-refractivity contribution is 0.0983. The van der Waals surface area contributed by atoms with Crippen molar-refractivity contribution >= 4 is 5.91 Å². The van der Waals surface area contributed by atoms with Crippen molar-refractivity contribution in [1.29, 1.82) is 0 Å². The van der Waals surface area contributed by atoms with Gasteiger partial charge in [0.2, 0.25) is 5.91 Å². The fraction of sp³-hybridized carbons (Fsp3) is 0.353. The Morgan fingerprint density at radius 3 is 2.86 bits per heavy atom. The number of hydrogen-bond donors (Lipinski definition) is 2. The summed E-state index contributed by atoms with van der Waals surface area (Å²) in [5.41, 5.74) is 8.90. The molecule has 1 atom stereocenters. The lowest BCUT2D eigenvalue weighted by atomic mass is 9.75. The van der Waals surface area contributed by atoms with E-state index in [2.05, 4.69) is 13.8 Å². The molecule has 0 saturated heterocycles. The third kappa shape index (κ3) is 2.47. The first-order valence-electron chi connectivity index (χ1n) is 7.16. The van der Waals surface area contributed by atoms with Crippen molar-refractivity contribution in [2.75, 3.05) is 0 Å². The first-order valence-corrected chi connectivity index (χ1v) is 7.16. The second-order valence-corrected chi connectivity index (χ2v) is 6.56. The van der Waals surface area contributed by atoms with Gasteiger partial charge in [0.05, 0.1) is 6.10 Å². The average Bonchev–Trinajstić information content (AvgIpc) is 2.81. The molecule has 0 aliphatic heterocycles. The second-order valence-electron chi connectivity index (χ2n) is 6.56. The summed E-state index contributed by atoms with van der Waals surface area (Å²) in [5.74, 6) is -0.432. The van der Waals surface area contributed by atoms with Gasteiger partial charge in [-0.05, 0) is 42.5 Å². The van der Waals surface area contributed by atoms with E-state index >= 15 is 0 Å². The van der Waals surface area contributed by atoms with Crippen LogP contribution in [0.1, 0.15) is 48.0 Å². The topological polar surface area (TPSA) is 68.2 Å². The number of aromatic nitrogens is 1. The van der Waals surface area contributed by atoms with Gasteiger partial charge in [-0.1, -0.05) is 19.9 Å². The van der Waals surface area contributed by atoms with E-state index in [1.54, 1.807) is 12.1 Å². The summed E-state index contributed by atoms with van der Waals surface area (Å²) in [4.78, 5) is 11.3. The molecule has 0 bridgehead atoms. The van der Waals surface area contributed by atoms with Crippen molar-refractivity contribution in [3.63, 3.8) is 0 Å². The Morgan fingerprint density at radius 2 is 2.14 bits per heavy atom. The number of fused-ring (bicyclic) bond motifs is 1. The highest BCUT2D eigenvalue weighted by Crippen LogP contribution is 2.41. The highest BCUT2D eigenvalue weighted by molar-refractivity contribution is 5.93. The molecule has 1 aliphatic carbocycles. The van der Waals surface area contributed by atoms with E-state index in [-0.39, 0.29) is 5.41 Å². The van der Waals surface area contributed by atoms with Crippen molar-refractivity contribution in [2.45, 2.75) is 32.8 Å². The normalized spacial score (nSPS) is 20.0. The number of aliphatic hydroxyl groups excluding tert-OH is 1. The minimum Gasteiger partial charge on any atom is -0.388 e. The number of nitrogens with two attached hydrogens (primary N) is 1. The molecule has 2 aromatic rings. The van der Waals surface area contributed by atoms with Crippen LogP contribution >= 0.6 is 0 Å². The van der Waals surface area contributed by atoms with Gasteiger partial charge in [-0.2, -0.15) is 0 Å². The Morgan fingerprint density at radius 1 is 1.38 bits per heavy atom. The van der Waals surface area contributed by atoms with Gasteiger partial charge >= 0.3 is 0 Å². The van der Waals surface area contributed by atoms with Crippen LogP contribution in [0.25, 0.3) is 5.69 Å². The first-order chi connectivity index (χ1) is 9.87. The first kappa shape index (κ1) is 13.9. The molecule has 0 spiro atoms. The van der Waals surface area contributed by atoms with Crippen LogP contribution in [-0.4, -0.2) is 15.6 Å². The Kier molecular flexibility index (Phi) is 3.14. The van der Waals surface area contributed by atoms with Gasteiger partial charge in [-0.15, -0.1) is 0 Å².